The summed E-state index contributed by atoms with van der Waals surface area (Å²) >= 11 is 0. The number of carbonyl (C=O) groups excluding carboxylic acids is 1. The first kappa shape index (κ1) is 17.3. The summed E-state index contributed by atoms with van der Waals surface area (Å²) in [7, 11) is 1.62. The van der Waals surface area contributed by atoms with Crippen molar-refractivity contribution in [3.05, 3.63) is 59.9 Å². The number of aromatic nitrogens is 3. The predicted octanol–water partition coefficient (Wildman–Crippen LogP) is 3.47. The molecule has 4 rings (SSSR count). The third-order valence-electron chi connectivity index (χ3n) is 4.76. The fourth-order valence-corrected chi connectivity index (χ4v) is 3.43. The van der Waals surface area contributed by atoms with Crippen molar-refractivity contribution in [2.24, 2.45) is 0 Å². The van der Waals surface area contributed by atoms with E-state index in [4.69, 9.17) is 4.74 Å². The summed E-state index contributed by atoms with van der Waals surface area (Å²) in [6.45, 7) is 0.949. The van der Waals surface area contributed by atoms with Gasteiger partial charge in [0.1, 0.15) is 11.6 Å². The minimum absolute atomic E-state index is 0.0660. The summed E-state index contributed by atoms with van der Waals surface area (Å²) in [6.07, 6.45) is 3.58. The molecule has 0 aliphatic carbocycles. The van der Waals surface area contributed by atoms with Crippen LogP contribution >= 0.6 is 0 Å². The maximum Gasteiger partial charge on any atom is 0.228 e. The molecule has 0 bridgehead atoms. The van der Waals surface area contributed by atoms with Gasteiger partial charge in [0, 0.05) is 24.2 Å². The van der Waals surface area contributed by atoms with E-state index >= 15 is 0 Å². The van der Waals surface area contributed by atoms with Crippen LogP contribution < -0.4 is 10.1 Å². The van der Waals surface area contributed by atoms with Crippen LogP contribution in [0.2, 0.25) is 0 Å². The molecule has 0 saturated carbocycles. The Kier molecular flexibility index (Phi) is 4.87. The SMILES string of the molecule is COc1cccc(CC(=O)Nc2cccc(-c3nnc4n3CCCC4)c2)c1. The van der Waals surface area contributed by atoms with Crippen molar-refractivity contribution in [2.75, 3.05) is 12.4 Å². The maximum absolute atomic E-state index is 12.4. The molecule has 1 aromatic heterocycles. The van der Waals surface area contributed by atoms with E-state index in [0.717, 1.165) is 53.6 Å². The van der Waals surface area contributed by atoms with Gasteiger partial charge in [-0.25, -0.2) is 0 Å². The van der Waals surface area contributed by atoms with E-state index < -0.39 is 0 Å². The Labute approximate surface area is 158 Å². The number of nitrogens with zero attached hydrogens (tertiary/aromatic N) is 3. The molecule has 0 unspecified atom stereocenters. The minimum atomic E-state index is -0.0660. The molecule has 2 aromatic carbocycles. The van der Waals surface area contributed by atoms with Crippen LogP contribution in [-0.4, -0.2) is 27.8 Å². The number of hydrogen-bond donors (Lipinski definition) is 1. The number of amides is 1. The predicted molar refractivity (Wildman–Crippen MR) is 104 cm³/mol. The molecule has 2 heterocycles. The molecule has 3 aromatic rings. The molecule has 0 saturated heterocycles. The van der Waals surface area contributed by atoms with Crippen molar-refractivity contribution >= 4 is 11.6 Å². The average molecular weight is 362 g/mol. The fourth-order valence-electron chi connectivity index (χ4n) is 3.43. The van der Waals surface area contributed by atoms with Gasteiger partial charge in [-0.2, -0.15) is 0 Å². The van der Waals surface area contributed by atoms with Crippen LogP contribution in [0.3, 0.4) is 0 Å². The van der Waals surface area contributed by atoms with E-state index in [1.54, 1.807) is 7.11 Å². The molecule has 0 fully saturated rings. The summed E-state index contributed by atoms with van der Waals surface area (Å²) in [4.78, 5) is 12.4. The van der Waals surface area contributed by atoms with Gasteiger partial charge in [0.25, 0.3) is 0 Å². The van der Waals surface area contributed by atoms with Crippen LogP contribution in [0.15, 0.2) is 48.5 Å². The van der Waals surface area contributed by atoms with Crippen molar-refractivity contribution in [3.63, 3.8) is 0 Å². The van der Waals surface area contributed by atoms with Crippen LogP contribution in [-0.2, 0) is 24.2 Å². The van der Waals surface area contributed by atoms with E-state index in [1.807, 2.05) is 48.5 Å². The Bertz CT molecular complexity index is 964. The first-order valence-electron chi connectivity index (χ1n) is 9.18. The van der Waals surface area contributed by atoms with Gasteiger partial charge in [-0.1, -0.05) is 24.3 Å². The molecule has 138 valence electrons. The molecule has 0 spiro atoms. The lowest BCUT2D eigenvalue weighted by Crippen LogP contribution is -2.14. The molecule has 0 atom stereocenters. The molecular weight excluding hydrogens is 340 g/mol. The second-order valence-electron chi connectivity index (χ2n) is 6.71. The van der Waals surface area contributed by atoms with Crippen LogP contribution in [0, 0.1) is 0 Å². The summed E-state index contributed by atoms with van der Waals surface area (Å²) < 4.78 is 7.39. The summed E-state index contributed by atoms with van der Waals surface area (Å²) in [5.74, 6) is 2.60. The van der Waals surface area contributed by atoms with Gasteiger partial charge in [0.05, 0.1) is 13.5 Å². The van der Waals surface area contributed by atoms with E-state index in [-0.39, 0.29) is 5.91 Å². The quantitative estimate of drug-likeness (QED) is 0.754. The highest BCUT2D eigenvalue weighted by Crippen LogP contribution is 2.25. The van der Waals surface area contributed by atoms with Crippen molar-refractivity contribution in [2.45, 2.75) is 32.2 Å². The van der Waals surface area contributed by atoms with Gasteiger partial charge in [-0.05, 0) is 42.7 Å². The lowest BCUT2D eigenvalue weighted by molar-refractivity contribution is -0.115. The van der Waals surface area contributed by atoms with E-state index in [9.17, 15) is 4.79 Å². The van der Waals surface area contributed by atoms with Gasteiger partial charge >= 0.3 is 0 Å². The molecule has 0 radical (unpaired) electrons. The number of hydrogen-bond acceptors (Lipinski definition) is 4. The molecule has 1 N–H and O–H groups in total. The Hall–Kier alpha value is -3.15. The molecular formula is C21H22N4O2. The van der Waals surface area contributed by atoms with Gasteiger partial charge in [-0.3, -0.25) is 4.79 Å². The monoisotopic (exact) mass is 362 g/mol. The molecule has 27 heavy (non-hydrogen) atoms. The van der Waals surface area contributed by atoms with E-state index in [2.05, 4.69) is 20.1 Å². The number of anilines is 1. The molecule has 1 aliphatic heterocycles. The lowest BCUT2D eigenvalue weighted by Gasteiger charge is -2.15. The van der Waals surface area contributed by atoms with Crippen molar-refractivity contribution in [1.82, 2.24) is 14.8 Å². The number of benzene rings is 2. The number of rotatable bonds is 5. The molecule has 1 amide bonds. The molecule has 1 aliphatic rings. The van der Waals surface area contributed by atoms with Crippen molar-refractivity contribution in [1.29, 1.82) is 0 Å². The standard InChI is InChI=1S/C21H22N4O2/c1-27-18-9-4-6-15(12-18)13-20(26)22-17-8-5-7-16(14-17)21-24-23-19-10-2-3-11-25(19)21/h4-9,12,14H,2-3,10-11,13H2,1H3,(H,22,26). The largest absolute Gasteiger partial charge is 0.497 e. The Morgan fingerprint density at radius 3 is 2.93 bits per heavy atom. The molecule has 6 heteroatoms. The lowest BCUT2D eigenvalue weighted by atomic mass is 10.1. The highest BCUT2D eigenvalue weighted by atomic mass is 16.5. The van der Waals surface area contributed by atoms with E-state index in [1.165, 1.54) is 6.42 Å². The number of carbonyl (C=O) groups is 1. The number of fused-ring (bicyclic) bond motifs is 1. The van der Waals surface area contributed by atoms with Gasteiger partial charge in [-0.15, -0.1) is 10.2 Å². The number of methoxy groups -OCH3 is 1. The second kappa shape index (κ2) is 7.61. The molecule has 6 nitrogen and oxygen atoms in total. The van der Waals surface area contributed by atoms with Crippen molar-refractivity contribution in [3.8, 4) is 17.1 Å². The van der Waals surface area contributed by atoms with Crippen molar-refractivity contribution < 1.29 is 9.53 Å². The highest BCUT2D eigenvalue weighted by molar-refractivity contribution is 5.92. The van der Waals surface area contributed by atoms with E-state index in [0.29, 0.717) is 6.42 Å². The van der Waals surface area contributed by atoms with Crippen LogP contribution in [0.5, 0.6) is 5.75 Å². The maximum atomic E-state index is 12.4. The fraction of sp³-hybridized carbons (Fsp3) is 0.286. The second-order valence-corrected chi connectivity index (χ2v) is 6.71. The number of nitrogens with one attached hydrogen (secondary N) is 1. The Balaban J connectivity index is 1.49. The average Bonchev–Trinajstić information content (AvgIpc) is 3.12. The first-order valence-corrected chi connectivity index (χ1v) is 9.18. The van der Waals surface area contributed by atoms with Crippen LogP contribution in [0.1, 0.15) is 24.2 Å². The number of aryl methyl sites for hydroxylation is 1. The Morgan fingerprint density at radius 2 is 2.04 bits per heavy atom. The summed E-state index contributed by atoms with van der Waals surface area (Å²) in [5.41, 5.74) is 2.64. The minimum Gasteiger partial charge on any atom is -0.497 e. The summed E-state index contributed by atoms with van der Waals surface area (Å²) in [6, 6.07) is 15.3. The van der Waals surface area contributed by atoms with Gasteiger partial charge in [0.2, 0.25) is 5.91 Å². The Morgan fingerprint density at radius 1 is 1.15 bits per heavy atom. The number of ether oxygens (including phenoxy) is 1. The zero-order valence-electron chi connectivity index (χ0n) is 15.3. The van der Waals surface area contributed by atoms with Gasteiger partial charge < -0.3 is 14.6 Å². The first-order chi connectivity index (χ1) is 13.2. The topological polar surface area (TPSA) is 69.0 Å². The van der Waals surface area contributed by atoms with Crippen LogP contribution in [0.25, 0.3) is 11.4 Å². The zero-order chi connectivity index (χ0) is 18.6. The van der Waals surface area contributed by atoms with Crippen LogP contribution in [0.4, 0.5) is 5.69 Å². The summed E-state index contributed by atoms with van der Waals surface area (Å²) in [5, 5.41) is 11.6. The highest BCUT2D eigenvalue weighted by Gasteiger charge is 2.17. The third-order valence-corrected chi connectivity index (χ3v) is 4.76. The van der Waals surface area contributed by atoms with Gasteiger partial charge in [0.15, 0.2) is 5.82 Å². The zero-order valence-corrected chi connectivity index (χ0v) is 15.3. The normalized spacial score (nSPS) is 13.1. The third kappa shape index (κ3) is 3.84. The smallest absolute Gasteiger partial charge is 0.228 e.